The number of alkyl halides is 2. The third-order valence-corrected chi connectivity index (χ3v) is 4.64. The number of tetrazole rings is 1. The van der Waals surface area contributed by atoms with Gasteiger partial charge in [-0.3, -0.25) is 0 Å². The number of halogens is 3. The van der Waals surface area contributed by atoms with Crippen LogP contribution in [0.4, 0.5) is 8.78 Å². The molecule has 0 aliphatic rings. The Morgan fingerprint density at radius 2 is 1.87 bits per heavy atom. The SMILES string of the molecule is Cn1nnn(-c2cccc(C(F)F)c2COc2ccn(-c3ccc(Cl)cc3)n2)c1=O. The first-order chi connectivity index (χ1) is 14.4. The highest BCUT2D eigenvalue weighted by atomic mass is 35.5. The number of hydrogen-bond acceptors (Lipinski definition) is 5. The van der Waals surface area contributed by atoms with Crippen LogP contribution >= 0.6 is 11.6 Å². The Kier molecular flexibility index (Phi) is 5.32. The van der Waals surface area contributed by atoms with Crippen LogP contribution < -0.4 is 10.4 Å². The van der Waals surface area contributed by atoms with Gasteiger partial charge in [0.25, 0.3) is 6.43 Å². The Morgan fingerprint density at radius 1 is 1.10 bits per heavy atom. The predicted molar refractivity (Wildman–Crippen MR) is 104 cm³/mol. The Labute approximate surface area is 173 Å². The molecule has 0 radical (unpaired) electrons. The standard InChI is InChI=1S/C19H15ClF2N6O2/c1-26-19(29)28(25-24-26)16-4-2-3-14(18(21)22)15(16)11-30-17-9-10-27(23-17)13-7-5-12(20)6-8-13/h2-10,18H,11H2,1H3. The smallest absolute Gasteiger partial charge is 0.368 e. The van der Waals surface area contributed by atoms with Crippen LogP contribution in [0.3, 0.4) is 0 Å². The van der Waals surface area contributed by atoms with E-state index >= 15 is 0 Å². The first-order valence-electron chi connectivity index (χ1n) is 8.78. The van der Waals surface area contributed by atoms with Crippen molar-refractivity contribution < 1.29 is 13.5 Å². The quantitative estimate of drug-likeness (QED) is 0.467. The third-order valence-electron chi connectivity index (χ3n) is 4.39. The Balaban J connectivity index is 1.64. The first kappa shape index (κ1) is 19.8. The predicted octanol–water partition coefficient (Wildman–Crippen LogP) is 3.32. The van der Waals surface area contributed by atoms with Crippen LogP contribution in [0.25, 0.3) is 11.4 Å². The van der Waals surface area contributed by atoms with Gasteiger partial charge in [0, 0.05) is 35.5 Å². The number of aromatic nitrogens is 6. The van der Waals surface area contributed by atoms with Crippen molar-refractivity contribution in [2.24, 2.45) is 7.05 Å². The van der Waals surface area contributed by atoms with Crippen LogP contribution in [-0.4, -0.2) is 29.6 Å². The number of aryl methyl sites for hydroxylation is 1. The molecule has 11 heteroatoms. The number of nitrogens with zero attached hydrogens (tertiary/aromatic N) is 6. The molecule has 0 atom stereocenters. The molecule has 4 rings (SSSR count). The molecule has 0 fully saturated rings. The second-order valence-electron chi connectivity index (χ2n) is 6.31. The summed E-state index contributed by atoms with van der Waals surface area (Å²) in [5, 5.41) is 12.3. The van der Waals surface area contributed by atoms with Crippen molar-refractivity contribution >= 4 is 11.6 Å². The van der Waals surface area contributed by atoms with E-state index < -0.39 is 12.1 Å². The van der Waals surface area contributed by atoms with Gasteiger partial charge in [0.15, 0.2) is 0 Å². The number of benzene rings is 2. The summed E-state index contributed by atoms with van der Waals surface area (Å²) in [6.45, 7) is -0.240. The van der Waals surface area contributed by atoms with Crippen molar-refractivity contribution in [1.29, 1.82) is 0 Å². The van der Waals surface area contributed by atoms with E-state index in [9.17, 15) is 13.6 Å². The molecular weight excluding hydrogens is 418 g/mol. The van der Waals surface area contributed by atoms with Crippen LogP contribution in [0.2, 0.25) is 5.02 Å². The molecule has 8 nitrogen and oxygen atoms in total. The molecule has 0 spiro atoms. The van der Waals surface area contributed by atoms with E-state index in [0.29, 0.717) is 5.02 Å². The minimum absolute atomic E-state index is 0.121. The average molecular weight is 433 g/mol. The average Bonchev–Trinajstić information content (AvgIpc) is 3.34. The molecule has 2 aromatic heterocycles. The minimum Gasteiger partial charge on any atom is -0.472 e. The summed E-state index contributed by atoms with van der Waals surface area (Å²) in [5.41, 5.74) is 0.227. The second-order valence-corrected chi connectivity index (χ2v) is 6.74. The molecule has 0 bridgehead atoms. The zero-order valence-corrected chi connectivity index (χ0v) is 16.4. The van der Waals surface area contributed by atoms with Gasteiger partial charge in [-0.25, -0.2) is 18.3 Å². The van der Waals surface area contributed by atoms with Gasteiger partial charge in [-0.2, -0.15) is 9.36 Å². The molecule has 2 aromatic carbocycles. The van der Waals surface area contributed by atoms with Crippen molar-refractivity contribution in [3.8, 4) is 17.3 Å². The number of hydrogen-bond donors (Lipinski definition) is 0. The summed E-state index contributed by atoms with van der Waals surface area (Å²) in [7, 11) is 1.42. The van der Waals surface area contributed by atoms with Crippen LogP contribution in [0, 0.1) is 0 Å². The molecule has 0 saturated heterocycles. The molecular formula is C19H15ClF2N6O2. The van der Waals surface area contributed by atoms with Gasteiger partial charge in [-0.15, -0.1) is 5.10 Å². The number of ether oxygens (including phenoxy) is 1. The molecule has 0 amide bonds. The summed E-state index contributed by atoms with van der Waals surface area (Å²) in [6, 6.07) is 12.8. The van der Waals surface area contributed by atoms with E-state index in [1.165, 1.54) is 25.2 Å². The summed E-state index contributed by atoms with van der Waals surface area (Å²) >= 11 is 5.89. The summed E-state index contributed by atoms with van der Waals surface area (Å²) < 4.78 is 36.4. The van der Waals surface area contributed by atoms with Crippen molar-refractivity contribution in [2.45, 2.75) is 13.0 Å². The maximum Gasteiger partial charge on any atom is 0.368 e. The van der Waals surface area contributed by atoms with E-state index in [2.05, 4.69) is 15.5 Å². The van der Waals surface area contributed by atoms with E-state index in [-0.39, 0.29) is 29.3 Å². The molecule has 0 aliphatic heterocycles. The highest BCUT2D eigenvalue weighted by molar-refractivity contribution is 6.30. The van der Waals surface area contributed by atoms with Gasteiger partial charge in [0.2, 0.25) is 5.88 Å². The van der Waals surface area contributed by atoms with Crippen molar-refractivity contribution in [2.75, 3.05) is 0 Å². The Hall–Kier alpha value is -3.53. The fraction of sp³-hybridized carbons (Fsp3) is 0.158. The maximum atomic E-state index is 13.6. The van der Waals surface area contributed by atoms with Gasteiger partial charge in [-0.1, -0.05) is 23.7 Å². The summed E-state index contributed by atoms with van der Waals surface area (Å²) in [4.78, 5) is 12.2. The highest BCUT2D eigenvalue weighted by Crippen LogP contribution is 2.28. The lowest BCUT2D eigenvalue weighted by Crippen LogP contribution is -2.23. The van der Waals surface area contributed by atoms with E-state index in [1.807, 2.05) is 0 Å². The first-order valence-corrected chi connectivity index (χ1v) is 9.15. The molecule has 154 valence electrons. The molecule has 0 saturated carbocycles. The van der Waals surface area contributed by atoms with E-state index in [1.54, 1.807) is 41.2 Å². The zero-order valence-electron chi connectivity index (χ0n) is 15.6. The fourth-order valence-corrected chi connectivity index (χ4v) is 3.01. The van der Waals surface area contributed by atoms with Gasteiger partial charge in [0.05, 0.1) is 11.4 Å². The van der Waals surface area contributed by atoms with E-state index in [4.69, 9.17) is 16.3 Å². The lowest BCUT2D eigenvalue weighted by molar-refractivity contribution is 0.147. The van der Waals surface area contributed by atoms with Gasteiger partial charge in [0.1, 0.15) is 6.61 Å². The minimum atomic E-state index is -2.76. The molecule has 0 aliphatic carbocycles. The zero-order chi connectivity index (χ0) is 21.3. The molecule has 0 unspecified atom stereocenters. The lowest BCUT2D eigenvalue weighted by atomic mass is 10.1. The summed E-state index contributed by atoms with van der Waals surface area (Å²) in [5.74, 6) is 0.228. The van der Waals surface area contributed by atoms with Gasteiger partial charge in [-0.05, 0) is 40.8 Å². The van der Waals surface area contributed by atoms with E-state index in [0.717, 1.165) is 15.1 Å². The second kappa shape index (κ2) is 8.07. The third kappa shape index (κ3) is 3.81. The Morgan fingerprint density at radius 3 is 2.53 bits per heavy atom. The summed E-state index contributed by atoms with van der Waals surface area (Å²) in [6.07, 6.45) is -1.09. The van der Waals surface area contributed by atoms with Gasteiger partial charge < -0.3 is 4.74 Å². The van der Waals surface area contributed by atoms with Crippen LogP contribution in [0.5, 0.6) is 5.88 Å². The molecule has 4 aromatic rings. The maximum absolute atomic E-state index is 13.6. The topological polar surface area (TPSA) is 79.8 Å². The van der Waals surface area contributed by atoms with Crippen LogP contribution in [0.1, 0.15) is 17.6 Å². The fourth-order valence-electron chi connectivity index (χ4n) is 2.88. The normalized spacial score (nSPS) is 11.2. The van der Waals surface area contributed by atoms with Crippen LogP contribution in [-0.2, 0) is 13.7 Å². The molecule has 30 heavy (non-hydrogen) atoms. The Bertz CT molecular complexity index is 1230. The molecule has 2 heterocycles. The largest absolute Gasteiger partial charge is 0.472 e. The number of rotatable bonds is 6. The lowest BCUT2D eigenvalue weighted by Gasteiger charge is -2.13. The van der Waals surface area contributed by atoms with Crippen molar-refractivity contribution in [3.05, 3.63) is 81.4 Å². The van der Waals surface area contributed by atoms with Crippen molar-refractivity contribution in [3.63, 3.8) is 0 Å². The van der Waals surface area contributed by atoms with Gasteiger partial charge >= 0.3 is 5.69 Å². The van der Waals surface area contributed by atoms with Crippen molar-refractivity contribution in [1.82, 2.24) is 29.6 Å². The van der Waals surface area contributed by atoms with Crippen LogP contribution in [0.15, 0.2) is 59.5 Å². The highest BCUT2D eigenvalue weighted by Gasteiger charge is 2.20. The monoisotopic (exact) mass is 432 g/mol. The molecule has 0 N–H and O–H groups in total.